The normalized spacial score (nSPS) is 14.8. The van der Waals surface area contributed by atoms with E-state index < -0.39 is 18.1 Å². The van der Waals surface area contributed by atoms with Crippen molar-refractivity contribution in [3.05, 3.63) is 54.0 Å². The van der Waals surface area contributed by atoms with E-state index in [-0.39, 0.29) is 0 Å². The number of aliphatic carboxylic acids is 1. The van der Waals surface area contributed by atoms with Crippen LogP contribution in [0.3, 0.4) is 0 Å². The lowest BCUT2D eigenvalue weighted by molar-refractivity contribution is -0.138. The smallest absolute Gasteiger partial charge is 0.326 e. The number of carboxylic acid groups (broad SMARTS) is 1. The van der Waals surface area contributed by atoms with Gasteiger partial charge in [0, 0.05) is 30.7 Å². The quantitative estimate of drug-likeness (QED) is 0.266. The van der Waals surface area contributed by atoms with E-state index in [0.29, 0.717) is 25.3 Å². The van der Waals surface area contributed by atoms with Crippen molar-refractivity contribution in [2.45, 2.75) is 57.6 Å². The van der Waals surface area contributed by atoms with E-state index in [1.54, 1.807) is 6.92 Å². The van der Waals surface area contributed by atoms with Crippen LogP contribution in [-0.4, -0.2) is 74.4 Å². The van der Waals surface area contributed by atoms with Gasteiger partial charge in [0.15, 0.2) is 0 Å². The monoisotopic (exact) mass is 492 g/mol. The lowest BCUT2D eigenvalue weighted by Gasteiger charge is -2.26. The summed E-state index contributed by atoms with van der Waals surface area (Å²) in [7, 11) is 0. The number of rotatable bonds is 13. The second-order valence-electron chi connectivity index (χ2n) is 9.51. The van der Waals surface area contributed by atoms with Gasteiger partial charge in [-0.3, -0.25) is 0 Å². The van der Waals surface area contributed by atoms with Gasteiger partial charge in [-0.2, -0.15) is 0 Å². The van der Waals surface area contributed by atoms with Gasteiger partial charge in [0.25, 0.3) is 0 Å². The highest BCUT2D eigenvalue weighted by Crippen LogP contribution is 2.21. The molecule has 192 valence electrons. The minimum atomic E-state index is -0.929. The summed E-state index contributed by atoms with van der Waals surface area (Å²) in [6, 6.07) is 11.0. The number of aliphatic hydroxyl groups excluding tert-OH is 1. The molecule has 0 fully saturated rings. The lowest BCUT2D eigenvalue weighted by Crippen LogP contribution is -2.38. The van der Waals surface area contributed by atoms with E-state index in [4.69, 9.17) is 4.98 Å². The van der Waals surface area contributed by atoms with E-state index in [2.05, 4.69) is 37.6 Å². The van der Waals surface area contributed by atoms with Gasteiger partial charge >= 0.3 is 5.97 Å². The average Bonchev–Trinajstić information content (AvgIpc) is 2.88. The van der Waals surface area contributed by atoms with Gasteiger partial charge in [0.05, 0.1) is 11.6 Å². The van der Waals surface area contributed by atoms with E-state index in [0.717, 1.165) is 67.6 Å². The molecule has 3 heterocycles. The Balaban J connectivity index is 1.30. The minimum absolute atomic E-state index is 0.387. The van der Waals surface area contributed by atoms with Crippen LogP contribution in [0.4, 0.5) is 11.6 Å². The molecule has 4 rings (SSSR count). The maximum absolute atomic E-state index is 12.0. The van der Waals surface area contributed by atoms with Crippen LogP contribution in [0.2, 0.25) is 0 Å². The molecule has 0 unspecified atom stereocenters. The molecule has 0 amide bonds. The predicted octanol–water partition coefficient (Wildman–Crippen LogP) is 3.34. The number of hydrogen-bond donors (Lipinski definition) is 4. The summed E-state index contributed by atoms with van der Waals surface area (Å²) in [5, 5.41) is 27.1. The average molecular weight is 493 g/mol. The third-order valence-electron chi connectivity index (χ3n) is 6.52. The molecule has 1 aromatic carbocycles. The van der Waals surface area contributed by atoms with Gasteiger partial charge < -0.3 is 25.7 Å². The molecule has 2 atom stereocenters. The summed E-state index contributed by atoms with van der Waals surface area (Å²) < 4.78 is 0. The van der Waals surface area contributed by atoms with Crippen molar-refractivity contribution in [2.24, 2.45) is 0 Å². The molecule has 36 heavy (non-hydrogen) atoms. The van der Waals surface area contributed by atoms with Gasteiger partial charge in [-0.1, -0.05) is 18.2 Å². The van der Waals surface area contributed by atoms with Crippen LogP contribution in [0.5, 0.6) is 0 Å². The topological polar surface area (TPSA) is 124 Å². The van der Waals surface area contributed by atoms with E-state index in [1.807, 2.05) is 24.3 Å². The number of para-hydroxylation sites is 1. The molecule has 0 saturated carbocycles. The van der Waals surface area contributed by atoms with Gasteiger partial charge in [-0.05, 0) is 75.8 Å². The summed E-state index contributed by atoms with van der Waals surface area (Å²) in [6.45, 7) is 4.59. The largest absolute Gasteiger partial charge is 0.480 e. The summed E-state index contributed by atoms with van der Waals surface area (Å²) >= 11 is 0. The number of aliphatic hydroxyl groups is 1. The number of unbranched alkanes of at least 4 members (excludes halogenated alkanes) is 1. The molecule has 0 aliphatic carbocycles. The SMILES string of the molecule is C[C@@H](O)CN(CCCCc1ccc2c(n1)NCCC2)CC[C@H](Nc1ncnc2ccccc12)C(=O)O. The first-order valence-electron chi connectivity index (χ1n) is 12.8. The fraction of sp³-hybridized carbons (Fsp3) is 0.481. The van der Waals surface area contributed by atoms with Gasteiger partial charge in [0.1, 0.15) is 24.0 Å². The third kappa shape index (κ3) is 7.11. The lowest BCUT2D eigenvalue weighted by atomic mass is 10.1. The molecule has 2 aromatic heterocycles. The van der Waals surface area contributed by atoms with Crippen molar-refractivity contribution < 1.29 is 15.0 Å². The Hall–Kier alpha value is -3.30. The van der Waals surface area contributed by atoms with Crippen LogP contribution in [0.25, 0.3) is 10.9 Å². The van der Waals surface area contributed by atoms with E-state index in [9.17, 15) is 15.0 Å². The molecule has 0 spiro atoms. The van der Waals surface area contributed by atoms with Crippen molar-refractivity contribution in [3.63, 3.8) is 0 Å². The first-order chi connectivity index (χ1) is 17.5. The summed E-state index contributed by atoms with van der Waals surface area (Å²) in [5.41, 5.74) is 3.15. The number of pyridine rings is 1. The Morgan fingerprint density at radius 2 is 2.03 bits per heavy atom. The number of carbonyl (C=O) groups is 1. The first kappa shape index (κ1) is 25.8. The van der Waals surface area contributed by atoms with Crippen LogP contribution in [0.15, 0.2) is 42.7 Å². The van der Waals surface area contributed by atoms with Crippen LogP contribution < -0.4 is 10.6 Å². The highest BCUT2D eigenvalue weighted by Gasteiger charge is 2.21. The minimum Gasteiger partial charge on any atom is -0.480 e. The Morgan fingerprint density at radius 1 is 1.17 bits per heavy atom. The second-order valence-corrected chi connectivity index (χ2v) is 9.51. The maximum Gasteiger partial charge on any atom is 0.326 e. The molecule has 3 aromatic rings. The molecule has 0 radical (unpaired) electrons. The van der Waals surface area contributed by atoms with Crippen molar-refractivity contribution in [1.82, 2.24) is 19.9 Å². The number of carboxylic acids is 1. The van der Waals surface area contributed by atoms with Gasteiger partial charge in [-0.15, -0.1) is 0 Å². The van der Waals surface area contributed by atoms with Crippen LogP contribution in [-0.2, 0) is 17.6 Å². The second kappa shape index (κ2) is 12.6. The molecule has 9 heteroatoms. The molecule has 1 aliphatic rings. The molecule has 4 N–H and O–H groups in total. The number of aromatic nitrogens is 3. The zero-order valence-electron chi connectivity index (χ0n) is 20.9. The zero-order chi connectivity index (χ0) is 25.3. The Bertz CT molecular complexity index is 1150. The standard InChI is InChI=1S/C27H36N6O3/c1-19(34)17-33(15-5-4-8-21-12-11-20-7-6-14-28-25(20)31-21)16-13-24(27(35)36)32-26-22-9-2-3-10-23(22)29-18-30-26/h2-3,9-12,18-19,24,34H,4-8,13-17H2,1H3,(H,28,31)(H,35,36)(H,29,30,32)/t19-,24+/m1/s1. The number of nitrogens with one attached hydrogen (secondary N) is 2. The van der Waals surface area contributed by atoms with Gasteiger partial charge in [-0.25, -0.2) is 19.7 Å². The van der Waals surface area contributed by atoms with Crippen LogP contribution in [0.1, 0.15) is 43.9 Å². The fourth-order valence-electron chi connectivity index (χ4n) is 4.67. The summed E-state index contributed by atoms with van der Waals surface area (Å²) in [6.07, 6.45) is 6.41. The molecule has 0 saturated heterocycles. The number of fused-ring (bicyclic) bond motifs is 2. The number of aryl methyl sites for hydroxylation is 2. The molecule has 1 aliphatic heterocycles. The zero-order valence-corrected chi connectivity index (χ0v) is 20.9. The van der Waals surface area contributed by atoms with Crippen LogP contribution in [0, 0.1) is 0 Å². The predicted molar refractivity (Wildman–Crippen MR) is 141 cm³/mol. The van der Waals surface area contributed by atoms with Crippen molar-refractivity contribution in [2.75, 3.05) is 36.8 Å². The van der Waals surface area contributed by atoms with Gasteiger partial charge in [0.2, 0.25) is 0 Å². The Morgan fingerprint density at radius 3 is 2.86 bits per heavy atom. The third-order valence-corrected chi connectivity index (χ3v) is 6.52. The molecule has 9 nitrogen and oxygen atoms in total. The molecule has 0 bridgehead atoms. The van der Waals surface area contributed by atoms with E-state index >= 15 is 0 Å². The maximum atomic E-state index is 12.0. The highest BCUT2D eigenvalue weighted by atomic mass is 16.4. The Kier molecular flexibility index (Phi) is 9.02. The number of nitrogens with zero attached hydrogens (tertiary/aromatic N) is 4. The molecular formula is C27H36N6O3. The molecular weight excluding hydrogens is 456 g/mol. The van der Waals surface area contributed by atoms with Crippen molar-refractivity contribution in [1.29, 1.82) is 0 Å². The first-order valence-corrected chi connectivity index (χ1v) is 12.8. The van der Waals surface area contributed by atoms with Crippen molar-refractivity contribution >= 4 is 28.5 Å². The highest BCUT2D eigenvalue weighted by molar-refractivity contribution is 5.90. The Labute approximate surface area is 212 Å². The number of hydrogen-bond acceptors (Lipinski definition) is 8. The summed E-state index contributed by atoms with van der Waals surface area (Å²) in [4.78, 5) is 27.4. The number of benzene rings is 1. The van der Waals surface area contributed by atoms with E-state index in [1.165, 1.54) is 11.9 Å². The van der Waals surface area contributed by atoms with Crippen molar-refractivity contribution in [3.8, 4) is 0 Å². The summed E-state index contributed by atoms with van der Waals surface area (Å²) in [5.74, 6) is 0.613. The van der Waals surface area contributed by atoms with Crippen LogP contribution >= 0.6 is 0 Å². The fourth-order valence-corrected chi connectivity index (χ4v) is 4.67. The number of anilines is 2.